The first-order valence-electron chi connectivity index (χ1n) is 13.8. The zero-order valence-electron chi connectivity index (χ0n) is 22.9. The number of hydrogen-bond acceptors (Lipinski definition) is 10. The zero-order chi connectivity index (χ0) is 28.5. The molecule has 12 nitrogen and oxygen atoms in total. The summed E-state index contributed by atoms with van der Waals surface area (Å²) in [7, 11) is 0. The SMILES string of the molecule is CCCCCCCCC(OC(=O)[C@@H](N)[C@@H](C)CC)C(=O)OC[C@H]1O[C@@H](n2cnc3c(=O)[nH]c(N)nc32)CC1F. The highest BCUT2D eigenvalue weighted by atomic mass is 19.1. The zero-order valence-corrected chi connectivity index (χ0v) is 22.9. The second-order valence-electron chi connectivity index (χ2n) is 10.2. The number of alkyl halides is 1. The van der Waals surface area contributed by atoms with E-state index in [1.165, 1.54) is 10.9 Å². The fraction of sp³-hybridized carbons (Fsp3) is 0.731. The van der Waals surface area contributed by atoms with Gasteiger partial charge in [-0.3, -0.25) is 19.1 Å². The van der Waals surface area contributed by atoms with E-state index in [-0.39, 0.29) is 36.1 Å². The van der Waals surface area contributed by atoms with Crippen LogP contribution in [0.4, 0.5) is 10.3 Å². The van der Waals surface area contributed by atoms with Crippen molar-refractivity contribution in [3.05, 3.63) is 16.7 Å². The Morgan fingerprint density at radius 3 is 2.67 bits per heavy atom. The largest absolute Gasteiger partial charge is 0.460 e. The second kappa shape index (κ2) is 14.4. The van der Waals surface area contributed by atoms with Crippen LogP contribution < -0.4 is 17.0 Å². The molecule has 1 aliphatic rings. The van der Waals surface area contributed by atoms with E-state index < -0.39 is 48.1 Å². The minimum atomic E-state index is -1.46. The Hall–Kier alpha value is -3.06. The number of aromatic nitrogens is 4. The summed E-state index contributed by atoms with van der Waals surface area (Å²) in [5, 5.41) is 0. The molecule has 2 aromatic heterocycles. The predicted octanol–water partition coefficient (Wildman–Crippen LogP) is 2.91. The number of hydrogen-bond donors (Lipinski definition) is 3. The third-order valence-corrected chi connectivity index (χ3v) is 7.18. The number of H-pyrrole nitrogens is 1. The van der Waals surface area contributed by atoms with Crippen LogP contribution in [0.15, 0.2) is 11.1 Å². The van der Waals surface area contributed by atoms with Crippen LogP contribution in [0.2, 0.25) is 0 Å². The molecule has 3 heterocycles. The number of imidazole rings is 1. The normalized spacial score (nSPS) is 21.5. The Kier molecular flexibility index (Phi) is 11.2. The van der Waals surface area contributed by atoms with Gasteiger partial charge in [0.2, 0.25) is 5.95 Å². The van der Waals surface area contributed by atoms with Crippen molar-refractivity contribution in [2.24, 2.45) is 11.7 Å². The van der Waals surface area contributed by atoms with Gasteiger partial charge in [-0.25, -0.2) is 14.2 Å². The molecular formula is C26H41FN6O6. The van der Waals surface area contributed by atoms with Crippen molar-refractivity contribution in [1.29, 1.82) is 0 Å². The molecule has 1 aliphatic heterocycles. The van der Waals surface area contributed by atoms with Gasteiger partial charge in [-0.15, -0.1) is 0 Å². The van der Waals surface area contributed by atoms with Gasteiger partial charge < -0.3 is 25.7 Å². The van der Waals surface area contributed by atoms with Crippen LogP contribution in [-0.4, -0.2) is 62.5 Å². The van der Waals surface area contributed by atoms with Gasteiger partial charge in [0.1, 0.15) is 31.2 Å². The molecule has 5 N–H and O–H groups in total. The first-order valence-corrected chi connectivity index (χ1v) is 13.8. The molecule has 0 radical (unpaired) electrons. The van der Waals surface area contributed by atoms with E-state index in [1.807, 2.05) is 13.8 Å². The number of rotatable bonds is 15. The lowest BCUT2D eigenvalue weighted by atomic mass is 10.0. The van der Waals surface area contributed by atoms with Crippen molar-refractivity contribution in [3.8, 4) is 0 Å². The van der Waals surface area contributed by atoms with Crippen LogP contribution in [-0.2, 0) is 23.8 Å². The number of aromatic amines is 1. The molecular weight excluding hydrogens is 511 g/mol. The lowest BCUT2D eigenvalue weighted by Gasteiger charge is -2.22. The molecule has 13 heteroatoms. The number of anilines is 1. The van der Waals surface area contributed by atoms with E-state index in [9.17, 15) is 18.8 Å². The number of unbranched alkanes of at least 4 members (excludes halogenated alkanes) is 5. The third kappa shape index (κ3) is 7.98. The van der Waals surface area contributed by atoms with Crippen molar-refractivity contribution in [2.75, 3.05) is 12.3 Å². The highest BCUT2D eigenvalue weighted by Crippen LogP contribution is 2.32. The Morgan fingerprint density at radius 2 is 1.95 bits per heavy atom. The molecule has 0 amide bonds. The maximum atomic E-state index is 14.9. The van der Waals surface area contributed by atoms with E-state index in [4.69, 9.17) is 25.7 Å². The number of carbonyl (C=O) groups excluding carboxylic acids is 2. The van der Waals surface area contributed by atoms with Gasteiger partial charge in [0, 0.05) is 6.42 Å². The summed E-state index contributed by atoms with van der Waals surface area (Å²) < 4.78 is 32.9. The van der Waals surface area contributed by atoms with Crippen LogP contribution in [0, 0.1) is 5.92 Å². The highest BCUT2D eigenvalue weighted by molar-refractivity contribution is 5.82. The minimum Gasteiger partial charge on any atom is -0.460 e. The maximum Gasteiger partial charge on any atom is 0.347 e. The first kappa shape index (κ1) is 30.5. The molecule has 0 aliphatic carbocycles. The number of esters is 2. The van der Waals surface area contributed by atoms with Gasteiger partial charge in [-0.2, -0.15) is 4.98 Å². The lowest BCUT2D eigenvalue weighted by Crippen LogP contribution is -2.42. The van der Waals surface area contributed by atoms with Gasteiger partial charge in [0.05, 0.1) is 6.33 Å². The Morgan fingerprint density at radius 1 is 1.23 bits per heavy atom. The monoisotopic (exact) mass is 552 g/mol. The molecule has 1 fully saturated rings. The number of ether oxygens (including phenoxy) is 3. The van der Waals surface area contributed by atoms with Crippen molar-refractivity contribution in [1.82, 2.24) is 19.5 Å². The summed E-state index contributed by atoms with van der Waals surface area (Å²) in [6.45, 7) is 5.51. The second-order valence-corrected chi connectivity index (χ2v) is 10.2. The molecule has 2 unspecified atom stereocenters. The summed E-state index contributed by atoms with van der Waals surface area (Å²) in [4.78, 5) is 48.0. The minimum absolute atomic E-state index is 0.0491. The molecule has 1 saturated heterocycles. The van der Waals surface area contributed by atoms with Crippen LogP contribution in [0.3, 0.4) is 0 Å². The number of nitrogens with zero attached hydrogens (tertiary/aromatic N) is 3. The number of nitrogens with two attached hydrogens (primary N) is 2. The molecule has 39 heavy (non-hydrogen) atoms. The number of fused-ring (bicyclic) bond motifs is 1. The molecule has 218 valence electrons. The number of nitrogen functional groups attached to an aromatic ring is 1. The predicted molar refractivity (Wildman–Crippen MR) is 142 cm³/mol. The fourth-order valence-electron chi connectivity index (χ4n) is 4.46. The topological polar surface area (TPSA) is 177 Å². The van der Waals surface area contributed by atoms with Crippen LogP contribution in [0.25, 0.3) is 11.2 Å². The van der Waals surface area contributed by atoms with E-state index in [0.717, 1.165) is 32.1 Å². The molecule has 6 atom stereocenters. The number of halogens is 1. The molecule has 2 aromatic rings. The molecule has 0 bridgehead atoms. The van der Waals surface area contributed by atoms with Crippen LogP contribution >= 0.6 is 0 Å². The van der Waals surface area contributed by atoms with E-state index >= 15 is 0 Å². The lowest BCUT2D eigenvalue weighted by molar-refractivity contribution is -0.173. The van der Waals surface area contributed by atoms with Crippen LogP contribution in [0.5, 0.6) is 0 Å². The van der Waals surface area contributed by atoms with Gasteiger partial charge in [0.25, 0.3) is 5.56 Å². The first-order chi connectivity index (χ1) is 18.7. The van der Waals surface area contributed by atoms with Gasteiger partial charge in [-0.05, 0) is 18.8 Å². The quantitative estimate of drug-likeness (QED) is 0.220. The van der Waals surface area contributed by atoms with Gasteiger partial charge in [0.15, 0.2) is 17.3 Å². The Balaban J connectivity index is 1.60. The van der Waals surface area contributed by atoms with E-state index in [2.05, 4.69) is 21.9 Å². The Labute approximate surface area is 227 Å². The molecule has 0 saturated carbocycles. The maximum absolute atomic E-state index is 14.9. The summed E-state index contributed by atoms with van der Waals surface area (Å²) in [5.74, 6) is -1.64. The van der Waals surface area contributed by atoms with Crippen molar-refractivity contribution >= 4 is 29.1 Å². The summed E-state index contributed by atoms with van der Waals surface area (Å²) in [6, 6.07) is -0.858. The van der Waals surface area contributed by atoms with E-state index in [1.54, 1.807) is 0 Å². The summed E-state index contributed by atoms with van der Waals surface area (Å²) in [6.07, 6.45) is 3.70. The summed E-state index contributed by atoms with van der Waals surface area (Å²) in [5.41, 5.74) is 11.3. The van der Waals surface area contributed by atoms with Crippen molar-refractivity contribution in [3.63, 3.8) is 0 Å². The molecule has 0 spiro atoms. The third-order valence-electron chi connectivity index (χ3n) is 7.18. The molecule has 3 rings (SSSR count). The number of nitrogens with one attached hydrogen (secondary N) is 1. The van der Waals surface area contributed by atoms with Gasteiger partial charge >= 0.3 is 11.9 Å². The Bertz CT molecular complexity index is 1160. The smallest absolute Gasteiger partial charge is 0.347 e. The summed E-state index contributed by atoms with van der Waals surface area (Å²) >= 11 is 0. The van der Waals surface area contributed by atoms with E-state index in [0.29, 0.717) is 19.3 Å². The average Bonchev–Trinajstić information content (AvgIpc) is 3.50. The fourth-order valence-corrected chi connectivity index (χ4v) is 4.46. The molecule has 0 aromatic carbocycles. The van der Waals surface area contributed by atoms with Gasteiger partial charge in [-0.1, -0.05) is 59.3 Å². The standard InChI is InChI=1S/C26H41FN6O6/c1-4-6-7-8-9-10-11-17(39-25(36)20(28)15(3)5-2)24(35)37-13-18-16(27)12-19(38-18)33-14-30-21-22(33)31-26(29)32-23(21)34/h14-20H,4-13,28H2,1-3H3,(H3,29,31,32,34)/t15-,16?,17?,18+,19+,20-/m0/s1. The van der Waals surface area contributed by atoms with Crippen molar-refractivity contribution in [2.45, 2.75) is 109 Å². The average molecular weight is 553 g/mol. The number of carbonyl (C=O) groups is 2. The van der Waals surface area contributed by atoms with Crippen LogP contribution in [0.1, 0.15) is 84.8 Å². The highest BCUT2D eigenvalue weighted by Gasteiger charge is 2.39. The van der Waals surface area contributed by atoms with Crippen molar-refractivity contribution < 1.29 is 28.2 Å².